The van der Waals surface area contributed by atoms with E-state index in [0.717, 1.165) is 79.3 Å². The monoisotopic (exact) mass is 648 g/mol. The standard InChI is InChI=1S/C36H52N4O5Si/c1-28(16-19-41-26-30-11-7-6-8-12-30)43-20-17-29(2)45-32-14-15-34-33(23-32)36(38-40(34)35-13-9-10-18-44-35)31-24-37-39(25-31)27-42-21-22-46(3,4)5/h6-8,11-12,14-15,23-25,28-29,35H,9-10,13,16-22,26-27H2,1-5H3. The van der Waals surface area contributed by atoms with Gasteiger partial charge in [-0.2, -0.15) is 10.2 Å². The van der Waals surface area contributed by atoms with Crippen LogP contribution in [0.15, 0.2) is 60.9 Å². The van der Waals surface area contributed by atoms with Crippen LogP contribution in [0.4, 0.5) is 0 Å². The largest absolute Gasteiger partial charge is 0.491 e. The smallest absolute Gasteiger partial charge is 0.150 e. The Balaban J connectivity index is 1.18. The highest BCUT2D eigenvalue weighted by atomic mass is 28.3. The number of benzene rings is 2. The minimum absolute atomic E-state index is 0.00443. The van der Waals surface area contributed by atoms with Crippen LogP contribution in [-0.4, -0.2) is 66.3 Å². The minimum atomic E-state index is -1.14. The number of hydrogen-bond acceptors (Lipinski definition) is 7. The van der Waals surface area contributed by atoms with Gasteiger partial charge in [0.2, 0.25) is 0 Å². The summed E-state index contributed by atoms with van der Waals surface area (Å²) >= 11 is 0. The summed E-state index contributed by atoms with van der Waals surface area (Å²) in [6.07, 6.45) is 8.77. The summed E-state index contributed by atoms with van der Waals surface area (Å²) in [6, 6.07) is 17.6. The van der Waals surface area contributed by atoms with E-state index < -0.39 is 8.07 Å². The topological polar surface area (TPSA) is 81.8 Å². The fraction of sp³-hybridized carbons (Fsp3) is 0.556. The van der Waals surface area contributed by atoms with Crippen LogP contribution < -0.4 is 4.74 Å². The van der Waals surface area contributed by atoms with Crippen molar-refractivity contribution in [3.8, 4) is 17.0 Å². The number of aromatic nitrogens is 4. The predicted molar refractivity (Wildman–Crippen MR) is 185 cm³/mol. The van der Waals surface area contributed by atoms with Crippen molar-refractivity contribution < 1.29 is 23.7 Å². The molecule has 0 spiro atoms. The molecule has 0 N–H and O–H groups in total. The van der Waals surface area contributed by atoms with Crippen molar-refractivity contribution in [1.29, 1.82) is 0 Å². The van der Waals surface area contributed by atoms with Gasteiger partial charge in [0.25, 0.3) is 0 Å². The molecule has 0 bridgehead atoms. The van der Waals surface area contributed by atoms with E-state index in [1.807, 2.05) is 46.0 Å². The number of rotatable bonds is 18. The van der Waals surface area contributed by atoms with Gasteiger partial charge in [0.15, 0.2) is 6.23 Å². The summed E-state index contributed by atoms with van der Waals surface area (Å²) in [7, 11) is -1.14. The van der Waals surface area contributed by atoms with Crippen LogP contribution in [0.5, 0.6) is 5.75 Å². The number of nitrogens with zero attached hydrogens (tertiary/aromatic N) is 4. The Hall–Kier alpha value is -3.02. The van der Waals surface area contributed by atoms with Crippen LogP contribution in [0.3, 0.4) is 0 Å². The summed E-state index contributed by atoms with van der Waals surface area (Å²) in [5.41, 5.74) is 4.05. The van der Waals surface area contributed by atoms with Gasteiger partial charge in [-0.3, -0.25) is 0 Å². The van der Waals surface area contributed by atoms with Crippen molar-refractivity contribution in [2.75, 3.05) is 26.4 Å². The summed E-state index contributed by atoms with van der Waals surface area (Å²) in [5.74, 6) is 0.815. The number of ether oxygens (including phenoxy) is 5. The molecule has 1 saturated heterocycles. The van der Waals surface area contributed by atoms with Crippen molar-refractivity contribution in [2.24, 2.45) is 0 Å². The molecule has 0 amide bonds. The molecule has 0 aliphatic carbocycles. The molecule has 4 aromatic rings. The van der Waals surface area contributed by atoms with Crippen LogP contribution >= 0.6 is 0 Å². The molecule has 3 unspecified atom stereocenters. The zero-order valence-electron chi connectivity index (χ0n) is 28.3. The first kappa shape index (κ1) is 34.3. The first-order chi connectivity index (χ1) is 22.2. The van der Waals surface area contributed by atoms with E-state index in [9.17, 15) is 0 Å². The van der Waals surface area contributed by atoms with Crippen LogP contribution in [0, 0.1) is 0 Å². The molecule has 1 aliphatic rings. The van der Waals surface area contributed by atoms with Gasteiger partial charge < -0.3 is 23.7 Å². The average Bonchev–Trinajstić information content (AvgIpc) is 3.66. The molecular formula is C36H52N4O5Si. The zero-order chi connectivity index (χ0) is 32.4. The van der Waals surface area contributed by atoms with Crippen molar-refractivity contribution in [1.82, 2.24) is 19.6 Å². The van der Waals surface area contributed by atoms with Crippen molar-refractivity contribution in [2.45, 2.75) is 103 Å². The molecule has 46 heavy (non-hydrogen) atoms. The van der Waals surface area contributed by atoms with Gasteiger partial charge in [-0.15, -0.1) is 0 Å². The number of fused-ring (bicyclic) bond motifs is 1. The van der Waals surface area contributed by atoms with E-state index >= 15 is 0 Å². The second-order valence-corrected chi connectivity index (χ2v) is 19.3. The second kappa shape index (κ2) is 16.7. The van der Waals surface area contributed by atoms with Gasteiger partial charge >= 0.3 is 0 Å². The molecule has 3 heterocycles. The van der Waals surface area contributed by atoms with Gasteiger partial charge in [0, 0.05) is 51.5 Å². The summed E-state index contributed by atoms with van der Waals surface area (Å²) in [4.78, 5) is 0. The summed E-state index contributed by atoms with van der Waals surface area (Å²) < 4.78 is 34.2. The SMILES string of the molecule is CC(CCOCc1ccccc1)OCCC(C)Oc1ccc2c(c1)c(-c1cnn(COCC[Si](C)(C)C)c1)nn2C1CCCCO1. The highest BCUT2D eigenvalue weighted by molar-refractivity contribution is 6.76. The Kier molecular flexibility index (Phi) is 12.5. The maximum atomic E-state index is 6.38. The summed E-state index contributed by atoms with van der Waals surface area (Å²) in [5, 5.41) is 10.7. The minimum Gasteiger partial charge on any atom is -0.491 e. The van der Waals surface area contributed by atoms with Crippen LogP contribution in [0.2, 0.25) is 25.7 Å². The van der Waals surface area contributed by atoms with E-state index in [1.54, 1.807) is 0 Å². The molecule has 2 aromatic heterocycles. The first-order valence-electron chi connectivity index (χ1n) is 16.9. The van der Waals surface area contributed by atoms with E-state index in [-0.39, 0.29) is 18.4 Å². The van der Waals surface area contributed by atoms with Gasteiger partial charge in [0.05, 0.1) is 37.1 Å². The van der Waals surface area contributed by atoms with Crippen LogP contribution in [0.1, 0.15) is 57.7 Å². The lowest BCUT2D eigenvalue weighted by Crippen LogP contribution is -2.22. The quantitative estimate of drug-likeness (QED) is 0.0797. The fourth-order valence-electron chi connectivity index (χ4n) is 5.46. The molecule has 5 rings (SSSR count). The fourth-order valence-corrected chi connectivity index (χ4v) is 6.22. The third-order valence-electron chi connectivity index (χ3n) is 8.28. The van der Waals surface area contributed by atoms with Crippen LogP contribution in [-0.2, 0) is 32.3 Å². The first-order valence-corrected chi connectivity index (χ1v) is 20.6. The molecule has 0 saturated carbocycles. The molecule has 0 radical (unpaired) electrons. The Morgan fingerprint density at radius 3 is 2.57 bits per heavy atom. The lowest BCUT2D eigenvalue weighted by atomic mass is 10.1. The van der Waals surface area contributed by atoms with Crippen LogP contribution in [0.25, 0.3) is 22.2 Å². The van der Waals surface area contributed by atoms with Crippen molar-refractivity contribution >= 4 is 19.0 Å². The maximum absolute atomic E-state index is 6.38. The molecule has 1 fully saturated rings. The molecule has 3 atom stereocenters. The Labute approximate surface area is 275 Å². The Morgan fingerprint density at radius 2 is 1.78 bits per heavy atom. The van der Waals surface area contributed by atoms with Gasteiger partial charge in [-0.05, 0) is 69.3 Å². The Bertz CT molecular complexity index is 1480. The van der Waals surface area contributed by atoms with E-state index in [4.69, 9.17) is 28.8 Å². The maximum Gasteiger partial charge on any atom is 0.150 e. The second-order valence-electron chi connectivity index (χ2n) is 13.6. The van der Waals surface area contributed by atoms with E-state index in [2.05, 4.69) is 62.9 Å². The highest BCUT2D eigenvalue weighted by Crippen LogP contribution is 2.35. The molecule has 1 aliphatic heterocycles. The van der Waals surface area contributed by atoms with Gasteiger partial charge in [-0.1, -0.05) is 50.0 Å². The van der Waals surface area contributed by atoms with E-state index in [1.165, 1.54) is 5.56 Å². The summed E-state index contributed by atoms with van der Waals surface area (Å²) in [6.45, 7) is 15.2. The lowest BCUT2D eigenvalue weighted by Gasteiger charge is -2.23. The van der Waals surface area contributed by atoms with E-state index in [0.29, 0.717) is 26.6 Å². The third-order valence-corrected chi connectivity index (χ3v) is 9.98. The average molecular weight is 649 g/mol. The highest BCUT2D eigenvalue weighted by Gasteiger charge is 2.23. The van der Waals surface area contributed by atoms with Gasteiger partial charge in [0.1, 0.15) is 18.2 Å². The molecular weight excluding hydrogens is 597 g/mol. The lowest BCUT2D eigenvalue weighted by molar-refractivity contribution is -0.0365. The third kappa shape index (κ3) is 10.2. The van der Waals surface area contributed by atoms with Crippen molar-refractivity contribution in [3.63, 3.8) is 0 Å². The van der Waals surface area contributed by atoms with Crippen molar-refractivity contribution in [3.05, 3.63) is 66.5 Å². The Morgan fingerprint density at radius 1 is 0.957 bits per heavy atom. The predicted octanol–water partition coefficient (Wildman–Crippen LogP) is 8.08. The molecule has 9 nitrogen and oxygen atoms in total. The molecule has 10 heteroatoms. The zero-order valence-corrected chi connectivity index (χ0v) is 29.3. The molecule has 2 aromatic carbocycles. The number of hydrogen-bond donors (Lipinski definition) is 0. The normalized spacial score (nSPS) is 16.9. The van der Waals surface area contributed by atoms with Gasteiger partial charge in [-0.25, -0.2) is 9.36 Å². The molecule has 250 valence electrons.